The average Bonchev–Trinajstić information content (AvgIpc) is 2.40. The Morgan fingerprint density at radius 1 is 1.25 bits per heavy atom. The Balaban J connectivity index is 2.13. The monoisotopic (exact) mass is 296 g/mol. The first kappa shape index (κ1) is 14.3. The van der Waals surface area contributed by atoms with Crippen LogP contribution in [0.4, 0.5) is 14.5 Å². The minimum atomic E-state index is -0.897. The number of benzene rings is 2. The van der Waals surface area contributed by atoms with Crippen molar-refractivity contribution in [2.75, 3.05) is 5.32 Å². The highest BCUT2D eigenvalue weighted by Gasteiger charge is 2.09. The molecular weight excluding hydrogens is 286 g/mol. The summed E-state index contributed by atoms with van der Waals surface area (Å²) in [6.45, 7) is 0.0931. The van der Waals surface area contributed by atoms with Crippen molar-refractivity contribution in [3.05, 3.63) is 64.2 Å². The van der Waals surface area contributed by atoms with Crippen molar-refractivity contribution < 1.29 is 13.6 Å². The van der Waals surface area contributed by atoms with Gasteiger partial charge in [-0.3, -0.25) is 4.79 Å². The molecular formula is C14H11ClF2N2O. The third-order valence-corrected chi connectivity index (χ3v) is 3.06. The number of hydrogen-bond donors (Lipinski definition) is 2. The van der Waals surface area contributed by atoms with E-state index in [4.69, 9.17) is 17.3 Å². The second-order valence-corrected chi connectivity index (χ2v) is 4.53. The minimum Gasteiger partial charge on any atom is -0.381 e. The van der Waals surface area contributed by atoms with E-state index < -0.39 is 17.5 Å². The Bertz CT molecular complexity index is 662. The molecule has 0 heterocycles. The molecule has 6 heteroatoms. The van der Waals surface area contributed by atoms with Gasteiger partial charge in [0.2, 0.25) is 5.91 Å². The van der Waals surface area contributed by atoms with Gasteiger partial charge in [-0.25, -0.2) is 8.78 Å². The number of nitrogens with one attached hydrogen (secondary N) is 1. The predicted octanol–water partition coefficient (Wildman–Crippen LogP) is 3.33. The molecule has 0 fully saturated rings. The summed E-state index contributed by atoms with van der Waals surface area (Å²) in [4.78, 5) is 11.0. The lowest BCUT2D eigenvalue weighted by Crippen LogP contribution is -2.11. The molecule has 0 saturated heterocycles. The summed E-state index contributed by atoms with van der Waals surface area (Å²) in [6, 6.07) is 8.51. The Labute approximate surface area is 119 Å². The number of carbonyl (C=O) groups is 1. The molecule has 0 unspecified atom stereocenters. The van der Waals surface area contributed by atoms with Gasteiger partial charge < -0.3 is 11.1 Å². The highest BCUT2D eigenvalue weighted by molar-refractivity contribution is 6.34. The zero-order valence-electron chi connectivity index (χ0n) is 10.3. The summed E-state index contributed by atoms with van der Waals surface area (Å²) in [5, 5.41) is 3.09. The van der Waals surface area contributed by atoms with Crippen LogP contribution in [0.1, 0.15) is 15.9 Å². The molecule has 2 aromatic rings. The third-order valence-electron chi connectivity index (χ3n) is 2.75. The maximum absolute atomic E-state index is 13.5. The van der Waals surface area contributed by atoms with Gasteiger partial charge in [0.05, 0.1) is 10.6 Å². The first-order chi connectivity index (χ1) is 9.49. The highest BCUT2D eigenvalue weighted by atomic mass is 35.5. The van der Waals surface area contributed by atoms with Crippen molar-refractivity contribution in [1.29, 1.82) is 0 Å². The fourth-order valence-corrected chi connectivity index (χ4v) is 1.98. The molecule has 20 heavy (non-hydrogen) atoms. The van der Waals surface area contributed by atoms with E-state index in [2.05, 4.69) is 5.32 Å². The number of carbonyl (C=O) groups excluding carboxylic acids is 1. The summed E-state index contributed by atoms with van der Waals surface area (Å²) >= 11 is 5.89. The van der Waals surface area contributed by atoms with E-state index >= 15 is 0 Å². The molecule has 2 aromatic carbocycles. The van der Waals surface area contributed by atoms with Crippen LogP contribution in [-0.2, 0) is 6.54 Å². The number of primary amides is 1. The van der Waals surface area contributed by atoms with Gasteiger partial charge in [-0.1, -0.05) is 23.7 Å². The van der Waals surface area contributed by atoms with Crippen molar-refractivity contribution in [3.63, 3.8) is 0 Å². The highest BCUT2D eigenvalue weighted by Crippen LogP contribution is 2.21. The van der Waals surface area contributed by atoms with Gasteiger partial charge in [-0.05, 0) is 24.3 Å². The lowest BCUT2D eigenvalue weighted by Gasteiger charge is -2.09. The molecule has 0 atom stereocenters. The van der Waals surface area contributed by atoms with Gasteiger partial charge in [0.25, 0.3) is 0 Å². The fraction of sp³-hybridized carbons (Fsp3) is 0.0714. The van der Waals surface area contributed by atoms with Crippen LogP contribution in [0.15, 0.2) is 36.4 Å². The second-order valence-electron chi connectivity index (χ2n) is 4.13. The Morgan fingerprint density at radius 2 is 2.00 bits per heavy atom. The zero-order chi connectivity index (χ0) is 14.7. The molecule has 0 bridgehead atoms. The maximum atomic E-state index is 13.5. The maximum Gasteiger partial charge on any atom is 0.250 e. The molecule has 0 aliphatic carbocycles. The molecule has 104 valence electrons. The zero-order valence-corrected chi connectivity index (χ0v) is 11.0. The van der Waals surface area contributed by atoms with Crippen LogP contribution in [0.5, 0.6) is 0 Å². The molecule has 0 aliphatic heterocycles. The summed E-state index contributed by atoms with van der Waals surface area (Å²) in [6.07, 6.45) is 0. The Morgan fingerprint density at radius 3 is 2.65 bits per heavy atom. The smallest absolute Gasteiger partial charge is 0.250 e. The summed E-state index contributed by atoms with van der Waals surface area (Å²) < 4.78 is 26.5. The average molecular weight is 297 g/mol. The van der Waals surface area contributed by atoms with Gasteiger partial charge in [-0.15, -0.1) is 0 Å². The molecule has 2 rings (SSSR count). The largest absolute Gasteiger partial charge is 0.381 e. The number of anilines is 1. The van der Waals surface area contributed by atoms with Crippen LogP contribution < -0.4 is 11.1 Å². The molecule has 0 radical (unpaired) electrons. The molecule has 3 nitrogen and oxygen atoms in total. The Kier molecular flexibility index (Phi) is 4.20. The molecule has 0 aromatic heterocycles. The quantitative estimate of drug-likeness (QED) is 0.909. The van der Waals surface area contributed by atoms with Crippen LogP contribution in [0, 0.1) is 11.6 Å². The standard InChI is InChI=1S/C14H11ClF2N2O/c15-11-6-9(4-5-10(11)14(18)20)19-7-8-2-1-3-12(16)13(8)17/h1-6,19H,7H2,(H2,18,20). The van der Waals surface area contributed by atoms with Gasteiger partial charge in [-0.2, -0.15) is 0 Å². The SMILES string of the molecule is NC(=O)c1ccc(NCc2cccc(F)c2F)cc1Cl. The van der Waals surface area contributed by atoms with E-state index in [1.165, 1.54) is 24.3 Å². The van der Waals surface area contributed by atoms with E-state index in [9.17, 15) is 13.6 Å². The van der Waals surface area contributed by atoms with E-state index in [0.29, 0.717) is 5.69 Å². The van der Waals surface area contributed by atoms with Gasteiger partial charge >= 0.3 is 0 Å². The van der Waals surface area contributed by atoms with E-state index in [1.807, 2.05) is 0 Å². The van der Waals surface area contributed by atoms with E-state index in [0.717, 1.165) is 6.07 Å². The number of rotatable bonds is 4. The third kappa shape index (κ3) is 3.05. The lowest BCUT2D eigenvalue weighted by atomic mass is 10.1. The summed E-state index contributed by atoms with van der Waals surface area (Å²) in [5.74, 6) is -2.41. The fourth-order valence-electron chi connectivity index (χ4n) is 1.71. The lowest BCUT2D eigenvalue weighted by molar-refractivity contribution is 0.100. The predicted molar refractivity (Wildman–Crippen MR) is 73.7 cm³/mol. The molecule has 0 saturated carbocycles. The molecule has 0 aliphatic rings. The van der Waals surface area contributed by atoms with E-state index in [1.54, 1.807) is 6.07 Å². The van der Waals surface area contributed by atoms with Crippen molar-refractivity contribution in [1.82, 2.24) is 0 Å². The first-order valence-corrected chi connectivity index (χ1v) is 6.13. The topological polar surface area (TPSA) is 55.1 Å². The van der Waals surface area contributed by atoms with Crippen LogP contribution >= 0.6 is 11.6 Å². The van der Waals surface area contributed by atoms with Crippen LogP contribution in [0.3, 0.4) is 0 Å². The number of nitrogens with two attached hydrogens (primary N) is 1. The van der Waals surface area contributed by atoms with Crippen molar-refractivity contribution in [3.8, 4) is 0 Å². The second kappa shape index (κ2) is 5.88. The molecule has 1 amide bonds. The van der Waals surface area contributed by atoms with Crippen molar-refractivity contribution in [2.45, 2.75) is 6.54 Å². The number of hydrogen-bond acceptors (Lipinski definition) is 2. The van der Waals surface area contributed by atoms with Crippen molar-refractivity contribution in [2.24, 2.45) is 5.73 Å². The Hall–Kier alpha value is -2.14. The van der Waals surface area contributed by atoms with Crippen LogP contribution in [-0.4, -0.2) is 5.91 Å². The van der Waals surface area contributed by atoms with Crippen LogP contribution in [0.2, 0.25) is 5.02 Å². The first-order valence-electron chi connectivity index (χ1n) is 5.75. The van der Waals surface area contributed by atoms with E-state index in [-0.39, 0.29) is 22.7 Å². The van der Waals surface area contributed by atoms with Crippen molar-refractivity contribution >= 4 is 23.2 Å². The summed E-state index contributed by atoms with van der Waals surface area (Å²) in [7, 11) is 0. The van der Waals surface area contributed by atoms with Gasteiger partial charge in [0.1, 0.15) is 0 Å². The molecule has 0 spiro atoms. The number of halogens is 3. The normalized spacial score (nSPS) is 10.3. The number of amides is 1. The van der Waals surface area contributed by atoms with Crippen LogP contribution in [0.25, 0.3) is 0 Å². The minimum absolute atomic E-state index is 0.0931. The van der Waals surface area contributed by atoms with Gasteiger partial charge in [0, 0.05) is 17.8 Å². The van der Waals surface area contributed by atoms with Gasteiger partial charge in [0.15, 0.2) is 11.6 Å². The molecule has 3 N–H and O–H groups in total. The summed E-state index contributed by atoms with van der Waals surface area (Å²) in [5.41, 5.74) is 6.10.